The first-order valence-electron chi connectivity index (χ1n) is 3.53. The van der Waals surface area contributed by atoms with Gasteiger partial charge in [-0.3, -0.25) is 14.9 Å². The summed E-state index contributed by atoms with van der Waals surface area (Å²) in [6.45, 7) is -0.310. The zero-order valence-electron chi connectivity index (χ0n) is 6.42. The fraction of sp³-hybridized carbons (Fsp3) is 0.167. The van der Waals surface area contributed by atoms with Gasteiger partial charge in [-0.1, -0.05) is 0 Å². The van der Waals surface area contributed by atoms with Crippen molar-refractivity contribution < 1.29 is 5.11 Å². The monoisotopic (exact) mass is 182 g/mol. The second-order valence-electron chi connectivity index (χ2n) is 2.49. The number of fused-ring (bicyclic) bond motifs is 1. The molecule has 0 aromatic carbocycles. The van der Waals surface area contributed by atoms with Gasteiger partial charge in [-0.2, -0.15) is 5.10 Å². The second kappa shape index (κ2) is 2.56. The van der Waals surface area contributed by atoms with E-state index in [9.17, 15) is 9.59 Å². The van der Waals surface area contributed by atoms with Gasteiger partial charge in [0.05, 0.1) is 17.8 Å². The number of aliphatic hydroxyl groups excluding tert-OH is 1. The number of H-pyrrole nitrogens is 3. The average Bonchev–Trinajstić information content (AvgIpc) is 2.47. The molecule has 13 heavy (non-hydrogen) atoms. The molecular formula is C6H6N4O3. The van der Waals surface area contributed by atoms with Gasteiger partial charge in [0, 0.05) is 0 Å². The molecule has 0 saturated carbocycles. The SMILES string of the molecule is O=c1[nH]c(=O)c2n[nH]c(CO)c2[nH]1. The van der Waals surface area contributed by atoms with E-state index in [1.165, 1.54) is 0 Å². The van der Waals surface area contributed by atoms with Gasteiger partial charge >= 0.3 is 5.69 Å². The summed E-state index contributed by atoms with van der Waals surface area (Å²) in [5, 5.41) is 14.9. The predicted octanol–water partition coefficient (Wildman–Crippen LogP) is -1.57. The van der Waals surface area contributed by atoms with Crippen molar-refractivity contribution in [3.05, 3.63) is 26.5 Å². The number of hydrogen-bond acceptors (Lipinski definition) is 4. The summed E-state index contributed by atoms with van der Waals surface area (Å²) in [6.07, 6.45) is 0. The minimum absolute atomic E-state index is 0.0867. The lowest BCUT2D eigenvalue weighted by Crippen LogP contribution is -2.21. The molecular weight excluding hydrogens is 176 g/mol. The van der Waals surface area contributed by atoms with Crippen LogP contribution in [-0.4, -0.2) is 25.3 Å². The number of nitrogens with one attached hydrogen (secondary N) is 3. The summed E-state index contributed by atoms with van der Waals surface area (Å²) in [7, 11) is 0. The third kappa shape index (κ3) is 1.05. The first-order chi connectivity index (χ1) is 6.22. The minimum Gasteiger partial charge on any atom is -0.390 e. The van der Waals surface area contributed by atoms with Crippen molar-refractivity contribution in [2.24, 2.45) is 0 Å². The maximum atomic E-state index is 11.1. The molecule has 0 aliphatic heterocycles. The minimum atomic E-state index is -0.617. The highest BCUT2D eigenvalue weighted by atomic mass is 16.3. The molecule has 2 rings (SSSR count). The fourth-order valence-corrected chi connectivity index (χ4v) is 1.10. The Morgan fingerprint density at radius 3 is 2.77 bits per heavy atom. The Balaban J connectivity index is 2.98. The molecule has 0 bridgehead atoms. The molecule has 0 unspecified atom stereocenters. The molecule has 7 nitrogen and oxygen atoms in total. The fourth-order valence-electron chi connectivity index (χ4n) is 1.10. The Kier molecular flexibility index (Phi) is 1.52. The van der Waals surface area contributed by atoms with Gasteiger partial charge < -0.3 is 10.1 Å². The first-order valence-corrected chi connectivity index (χ1v) is 3.53. The standard InChI is InChI=1S/C6H6N4O3/c11-1-2-3-4(10-9-2)5(12)8-6(13)7-3/h11H,1H2,(H,9,10)(H2,7,8,12,13). The molecule has 2 aromatic heterocycles. The molecule has 0 radical (unpaired) electrons. The molecule has 4 N–H and O–H groups in total. The van der Waals surface area contributed by atoms with E-state index < -0.39 is 11.2 Å². The Labute approximate surface area is 70.4 Å². The third-order valence-corrected chi connectivity index (χ3v) is 1.68. The van der Waals surface area contributed by atoms with Crippen LogP contribution in [0.15, 0.2) is 9.59 Å². The van der Waals surface area contributed by atoms with Gasteiger partial charge in [-0.05, 0) is 0 Å². The summed E-state index contributed by atoms with van der Waals surface area (Å²) < 4.78 is 0. The van der Waals surface area contributed by atoms with Crippen LogP contribution in [0.3, 0.4) is 0 Å². The van der Waals surface area contributed by atoms with E-state index in [0.29, 0.717) is 5.69 Å². The molecule has 0 atom stereocenters. The van der Waals surface area contributed by atoms with Crippen LogP contribution in [0, 0.1) is 0 Å². The first kappa shape index (κ1) is 7.74. The Morgan fingerprint density at radius 2 is 2.08 bits per heavy atom. The van der Waals surface area contributed by atoms with E-state index in [0.717, 1.165) is 0 Å². The Morgan fingerprint density at radius 1 is 1.31 bits per heavy atom. The van der Waals surface area contributed by atoms with Crippen molar-refractivity contribution in [1.29, 1.82) is 0 Å². The van der Waals surface area contributed by atoms with E-state index >= 15 is 0 Å². The highest BCUT2D eigenvalue weighted by molar-refractivity contribution is 5.75. The number of aromatic amines is 3. The molecule has 2 heterocycles. The van der Waals surface area contributed by atoms with Gasteiger partial charge in [0.15, 0.2) is 5.52 Å². The van der Waals surface area contributed by atoms with Crippen LogP contribution in [0.5, 0.6) is 0 Å². The molecule has 68 valence electrons. The van der Waals surface area contributed by atoms with E-state index in [4.69, 9.17) is 5.11 Å². The predicted molar refractivity (Wildman–Crippen MR) is 43.3 cm³/mol. The quantitative estimate of drug-likeness (QED) is 0.426. The highest BCUT2D eigenvalue weighted by Gasteiger charge is 2.08. The highest BCUT2D eigenvalue weighted by Crippen LogP contribution is 2.05. The molecule has 0 amide bonds. The number of hydrogen-bond donors (Lipinski definition) is 4. The summed E-state index contributed by atoms with van der Waals surface area (Å²) >= 11 is 0. The van der Waals surface area contributed by atoms with Crippen LogP contribution >= 0.6 is 0 Å². The van der Waals surface area contributed by atoms with Crippen LogP contribution in [0.2, 0.25) is 0 Å². The largest absolute Gasteiger partial charge is 0.390 e. The molecule has 2 aromatic rings. The van der Waals surface area contributed by atoms with Crippen molar-refractivity contribution in [1.82, 2.24) is 20.2 Å². The second-order valence-corrected chi connectivity index (χ2v) is 2.49. The van der Waals surface area contributed by atoms with Gasteiger partial charge in [0.25, 0.3) is 5.56 Å². The van der Waals surface area contributed by atoms with Gasteiger partial charge in [0.2, 0.25) is 0 Å². The lowest BCUT2D eigenvalue weighted by Gasteiger charge is -1.89. The van der Waals surface area contributed by atoms with E-state index in [2.05, 4.69) is 15.2 Å². The number of nitrogens with zero attached hydrogens (tertiary/aromatic N) is 1. The molecule has 0 saturated heterocycles. The summed E-state index contributed by atoms with van der Waals surface area (Å²) in [5.41, 5.74) is -0.540. The van der Waals surface area contributed by atoms with Gasteiger partial charge in [-0.15, -0.1) is 0 Å². The number of aliphatic hydroxyl groups is 1. The van der Waals surface area contributed by atoms with Gasteiger partial charge in [0.1, 0.15) is 0 Å². The van der Waals surface area contributed by atoms with Crippen molar-refractivity contribution in [3.8, 4) is 0 Å². The average molecular weight is 182 g/mol. The lowest BCUT2D eigenvalue weighted by atomic mass is 10.3. The maximum absolute atomic E-state index is 11.1. The van der Waals surface area contributed by atoms with Crippen LogP contribution in [0.1, 0.15) is 5.69 Å². The summed E-state index contributed by atoms with van der Waals surface area (Å²) in [6, 6.07) is 0. The van der Waals surface area contributed by atoms with E-state index in [1.54, 1.807) is 0 Å². The normalized spacial score (nSPS) is 10.8. The molecule has 0 fully saturated rings. The van der Waals surface area contributed by atoms with Gasteiger partial charge in [-0.25, -0.2) is 4.79 Å². The number of rotatable bonds is 1. The Bertz CT molecular complexity index is 549. The zero-order chi connectivity index (χ0) is 9.42. The van der Waals surface area contributed by atoms with Crippen LogP contribution in [0.25, 0.3) is 11.0 Å². The summed E-state index contributed by atoms with van der Waals surface area (Å²) in [4.78, 5) is 26.3. The van der Waals surface area contributed by atoms with Crippen molar-refractivity contribution >= 4 is 11.0 Å². The molecule has 0 spiro atoms. The van der Waals surface area contributed by atoms with E-state index in [1.807, 2.05) is 4.98 Å². The van der Waals surface area contributed by atoms with Crippen LogP contribution in [0.4, 0.5) is 0 Å². The van der Waals surface area contributed by atoms with Crippen LogP contribution in [-0.2, 0) is 6.61 Å². The molecule has 0 aliphatic carbocycles. The molecule has 0 aliphatic rings. The third-order valence-electron chi connectivity index (χ3n) is 1.68. The topological polar surface area (TPSA) is 115 Å². The van der Waals surface area contributed by atoms with Crippen molar-refractivity contribution in [2.75, 3.05) is 0 Å². The maximum Gasteiger partial charge on any atom is 0.326 e. The van der Waals surface area contributed by atoms with Crippen molar-refractivity contribution in [2.45, 2.75) is 6.61 Å². The zero-order valence-corrected chi connectivity index (χ0v) is 6.42. The number of aromatic nitrogens is 4. The summed E-state index contributed by atoms with van der Waals surface area (Å²) in [5.74, 6) is 0. The van der Waals surface area contributed by atoms with E-state index in [-0.39, 0.29) is 17.6 Å². The smallest absolute Gasteiger partial charge is 0.326 e. The molecule has 7 heteroatoms. The Hall–Kier alpha value is -1.89. The van der Waals surface area contributed by atoms with Crippen molar-refractivity contribution in [3.63, 3.8) is 0 Å². The lowest BCUT2D eigenvalue weighted by molar-refractivity contribution is 0.278. The van der Waals surface area contributed by atoms with Crippen LogP contribution < -0.4 is 11.2 Å².